The summed E-state index contributed by atoms with van der Waals surface area (Å²) >= 11 is 0. The molecule has 0 spiro atoms. The highest BCUT2D eigenvalue weighted by Crippen LogP contribution is 2.15. The highest BCUT2D eigenvalue weighted by molar-refractivity contribution is 5.29. The number of rotatable bonds is 6. The standard InChI is InChI=1S/C18H19NO/c1-3-10-19-13-16-7-5-9-18(12-16)20-14-17-8-4-6-15(2)11-17/h1,4-9,11-12,19H,10,13-14H2,2H3. The topological polar surface area (TPSA) is 21.3 Å². The van der Waals surface area contributed by atoms with Gasteiger partial charge >= 0.3 is 0 Å². The van der Waals surface area contributed by atoms with Crippen molar-refractivity contribution < 1.29 is 4.74 Å². The van der Waals surface area contributed by atoms with E-state index in [0.29, 0.717) is 13.2 Å². The first-order valence-corrected chi connectivity index (χ1v) is 6.69. The van der Waals surface area contributed by atoms with Gasteiger partial charge in [0.2, 0.25) is 0 Å². The van der Waals surface area contributed by atoms with E-state index in [1.54, 1.807) is 0 Å². The molecular formula is C18H19NO. The van der Waals surface area contributed by atoms with Crippen LogP contribution in [0.5, 0.6) is 5.75 Å². The molecule has 0 fully saturated rings. The number of benzene rings is 2. The predicted octanol–water partition coefficient (Wildman–Crippen LogP) is 3.30. The van der Waals surface area contributed by atoms with Gasteiger partial charge in [-0.05, 0) is 30.2 Å². The average Bonchev–Trinajstić information content (AvgIpc) is 2.46. The van der Waals surface area contributed by atoms with Gasteiger partial charge in [-0.25, -0.2) is 0 Å². The Hall–Kier alpha value is -2.24. The van der Waals surface area contributed by atoms with Crippen molar-refractivity contribution in [1.29, 1.82) is 0 Å². The third-order valence-electron chi connectivity index (χ3n) is 2.94. The Morgan fingerprint density at radius 3 is 2.70 bits per heavy atom. The first-order valence-electron chi connectivity index (χ1n) is 6.69. The maximum Gasteiger partial charge on any atom is 0.120 e. The van der Waals surface area contributed by atoms with Gasteiger partial charge in [-0.2, -0.15) is 0 Å². The number of ether oxygens (including phenoxy) is 1. The first kappa shape index (κ1) is 14.2. The van der Waals surface area contributed by atoms with Gasteiger partial charge in [-0.1, -0.05) is 47.9 Å². The van der Waals surface area contributed by atoms with Crippen LogP contribution in [0.2, 0.25) is 0 Å². The number of nitrogens with one attached hydrogen (secondary N) is 1. The van der Waals surface area contributed by atoms with E-state index in [1.807, 2.05) is 24.3 Å². The SMILES string of the molecule is C#CCNCc1cccc(OCc2cccc(C)c2)c1. The third-order valence-corrected chi connectivity index (χ3v) is 2.94. The Morgan fingerprint density at radius 2 is 1.90 bits per heavy atom. The highest BCUT2D eigenvalue weighted by Gasteiger charge is 1.98. The molecule has 0 aromatic heterocycles. The molecule has 0 aliphatic rings. The maximum atomic E-state index is 5.83. The van der Waals surface area contributed by atoms with E-state index < -0.39 is 0 Å². The Balaban J connectivity index is 1.93. The minimum atomic E-state index is 0.578. The van der Waals surface area contributed by atoms with Gasteiger partial charge in [-0.15, -0.1) is 6.42 Å². The zero-order valence-corrected chi connectivity index (χ0v) is 11.7. The zero-order valence-electron chi connectivity index (χ0n) is 11.7. The van der Waals surface area contributed by atoms with Gasteiger partial charge in [0.25, 0.3) is 0 Å². The smallest absolute Gasteiger partial charge is 0.120 e. The molecule has 0 atom stereocenters. The third kappa shape index (κ3) is 4.46. The van der Waals surface area contributed by atoms with E-state index in [1.165, 1.54) is 16.7 Å². The monoisotopic (exact) mass is 265 g/mol. The molecule has 102 valence electrons. The van der Waals surface area contributed by atoms with Crippen LogP contribution in [0.15, 0.2) is 48.5 Å². The van der Waals surface area contributed by atoms with E-state index in [9.17, 15) is 0 Å². The molecule has 20 heavy (non-hydrogen) atoms. The van der Waals surface area contributed by atoms with E-state index in [0.717, 1.165) is 12.3 Å². The number of hydrogen-bond donors (Lipinski definition) is 1. The van der Waals surface area contributed by atoms with Gasteiger partial charge in [0.1, 0.15) is 12.4 Å². The predicted molar refractivity (Wildman–Crippen MR) is 82.5 cm³/mol. The summed E-state index contributed by atoms with van der Waals surface area (Å²) in [6.07, 6.45) is 5.21. The lowest BCUT2D eigenvalue weighted by atomic mass is 10.1. The lowest BCUT2D eigenvalue weighted by Gasteiger charge is -2.09. The Bertz CT molecular complexity index is 598. The summed E-state index contributed by atoms with van der Waals surface area (Å²) < 4.78 is 5.83. The van der Waals surface area contributed by atoms with E-state index in [4.69, 9.17) is 11.2 Å². The molecule has 2 heteroatoms. The first-order chi connectivity index (χ1) is 9.78. The number of aryl methyl sites for hydroxylation is 1. The lowest BCUT2D eigenvalue weighted by Crippen LogP contribution is -2.12. The molecule has 0 radical (unpaired) electrons. The van der Waals surface area contributed by atoms with Crippen molar-refractivity contribution in [2.24, 2.45) is 0 Å². The number of terminal acetylenes is 1. The van der Waals surface area contributed by atoms with Gasteiger partial charge in [-0.3, -0.25) is 0 Å². The van der Waals surface area contributed by atoms with Crippen molar-refractivity contribution >= 4 is 0 Å². The summed E-state index contributed by atoms with van der Waals surface area (Å²) in [6.45, 7) is 4.00. The fraction of sp³-hybridized carbons (Fsp3) is 0.222. The molecule has 0 heterocycles. The molecule has 2 aromatic carbocycles. The average molecular weight is 265 g/mol. The second-order valence-electron chi connectivity index (χ2n) is 4.73. The summed E-state index contributed by atoms with van der Waals surface area (Å²) in [7, 11) is 0. The summed E-state index contributed by atoms with van der Waals surface area (Å²) in [5.41, 5.74) is 3.60. The van der Waals surface area contributed by atoms with Crippen molar-refractivity contribution in [2.45, 2.75) is 20.1 Å². The molecule has 0 amide bonds. The molecule has 0 saturated carbocycles. The summed E-state index contributed by atoms with van der Waals surface area (Å²) in [5.74, 6) is 3.44. The van der Waals surface area contributed by atoms with Crippen molar-refractivity contribution in [1.82, 2.24) is 5.32 Å². The molecule has 0 aliphatic heterocycles. The fourth-order valence-corrected chi connectivity index (χ4v) is 1.99. The summed E-state index contributed by atoms with van der Waals surface area (Å²) in [6, 6.07) is 16.4. The largest absolute Gasteiger partial charge is 0.489 e. The molecule has 0 bridgehead atoms. The van der Waals surface area contributed by atoms with Gasteiger partial charge in [0, 0.05) is 6.54 Å². The molecule has 0 aliphatic carbocycles. The second kappa shape index (κ2) is 7.37. The normalized spacial score (nSPS) is 10.0. The van der Waals surface area contributed by atoms with E-state index >= 15 is 0 Å². The Kier molecular flexibility index (Phi) is 5.23. The zero-order chi connectivity index (χ0) is 14.2. The number of hydrogen-bond acceptors (Lipinski definition) is 2. The van der Waals surface area contributed by atoms with Crippen molar-refractivity contribution in [3.63, 3.8) is 0 Å². The van der Waals surface area contributed by atoms with Crippen LogP contribution >= 0.6 is 0 Å². The quantitative estimate of drug-likeness (QED) is 0.639. The van der Waals surface area contributed by atoms with Crippen molar-refractivity contribution in [3.8, 4) is 18.1 Å². The molecule has 2 nitrogen and oxygen atoms in total. The minimum Gasteiger partial charge on any atom is -0.489 e. The molecule has 2 rings (SSSR count). The maximum absolute atomic E-state index is 5.83. The van der Waals surface area contributed by atoms with Crippen LogP contribution in [0.25, 0.3) is 0 Å². The van der Waals surface area contributed by atoms with Gasteiger partial charge < -0.3 is 10.1 Å². The van der Waals surface area contributed by atoms with Crippen LogP contribution in [0.3, 0.4) is 0 Å². The van der Waals surface area contributed by atoms with Crippen molar-refractivity contribution in [2.75, 3.05) is 6.54 Å². The molecule has 0 unspecified atom stereocenters. The Morgan fingerprint density at radius 1 is 1.10 bits per heavy atom. The minimum absolute atomic E-state index is 0.578. The molecule has 2 aromatic rings. The molecule has 0 saturated heterocycles. The van der Waals surface area contributed by atoms with Crippen LogP contribution in [0.1, 0.15) is 16.7 Å². The lowest BCUT2D eigenvalue weighted by molar-refractivity contribution is 0.306. The fourth-order valence-electron chi connectivity index (χ4n) is 1.99. The molecule has 1 N–H and O–H groups in total. The van der Waals surface area contributed by atoms with Gasteiger partial charge in [0.15, 0.2) is 0 Å². The Labute approximate surface area is 120 Å². The summed E-state index contributed by atoms with van der Waals surface area (Å²) in [4.78, 5) is 0. The van der Waals surface area contributed by atoms with Crippen LogP contribution in [-0.2, 0) is 13.2 Å². The van der Waals surface area contributed by atoms with Gasteiger partial charge in [0.05, 0.1) is 6.54 Å². The van der Waals surface area contributed by atoms with Crippen LogP contribution in [0, 0.1) is 19.3 Å². The van der Waals surface area contributed by atoms with Crippen LogP contribution < -0.4 is 10.1 Å². The van der Waals surface area contributed by atoms with Crippen LogP contribution in [-0.4, -0.2) is 6.54 Å². The highest BCUT2D eigenvalue weighted by atomic mass is 16.5. The van der Waals surface area contributed by atoms with Crippen molar-refractivity contribution in [3.05, 3.63) is 65.2 Å². The van der Waals surface area contributed by atoms with E-state index in [2.05, 4.69) is 42.4 Å². The van der Waals surface area contributed by atoms with E-state index in [-0.39, 0.29) is 0 Å². The summed E-state index contributed by atoms with van der Waals surface area (Å²) in [5, 5.41) is 3.17. The van der Waals surface area contributed by atoms with Crippen LogP contribution in [0.4, 0.5) is 0 Å². The second-order valence-corrected chi connectivity index (χ2v) is 4.73. The molecular weight excluding hydrogens is 246 g/mol.